The molecule has 2 N–H and O–H groups in total. The third-order valence-electron chi connectivity index (χ3n) is 3.29. The van der Waals surface area contributed by atoms with E-state index in [9.17, 15) is 9.90 Å². The van der Waals surface area contributed by atoms with Crippen LogP contribution in [0.4, 0.5) is 0 Å². The van der Waals surface area contributed by atoms with Crippen molar-refractivity contribution in [2.24, 2.45) is 5.92 Å². The van der Waals surface area contributed by atoms with E-state index in [1.165, 1.54) is 6.26 Å². The Morgan fingerprint density at radius 2 is 2.40 bits per heavy atom. The van der Waals surface area contributed by atoms with Gasteiger partial charge in [-0.05, 0) is 24.3 Å². The van der Waals surface area contributed by atoms with Crippen LogP contribution < -0.4 is 0 Å². The van der Waals surface area contributed by atoms with Crippen LogP contribution in [-0.2, 0) is 16.8 Å². The van der Waals surface area contributed by atoms with E-state index in [-0.39, 0.29) is 12.3 Å². The van der Waals surface area contributed by atoms with Crippen LogP contribution in [0.3, 0.4) is 0 Å². The zero-order valence-electron chi connectivity index (χ0n) is 8.56. The first-order valence-electron chi connectivity index (χ1n) is 5.04. The Balaban J connectivity index is 2.42. The summed E-state index contributed by atoms with van der Waals surface area (Å²) in [5.74, 6) is -1.04. The summed E-state index contributed by atoms with van der Waals surface area (Å²) in [6, 6.07) is 0. The fraction of sp³-hybridized carbons (Fsp3) is 0.545. The van der Waals surface area contributed by atoms with Gasteiger partial charge in [0.15, 0.2) is 0 Å². The van der Waals surface area contributed by atoms with E-state index in [1.54, 1.807) is 6.26 Å². The van der Waals surface area contributed by atoms with Crippen LogP contribution in [0.15, 0.2) is 16.9 Å². The normalized spacial score (nSPS) is 29.9. The average Bonchev–Trinajstić information content (AvgIpc) is 2.59. The first-order chi connectivity index (χ1) is 7.04. The number of rotatable bonds is 2. The molecule has 0 bridgehead atoms. The number of carboxylic acids is 1. The molecule has 2 rings (SSSR count). The molecule has 0 aromatic carbocycles. The Bertz CT molecular complexity index is 382. The second kappa shape index (κ2) is 3.38. The van der Waals surface area contributed by atoms with Gasteiger partial charge >= 0.3 is 5.97 Å². The molecule has 0 aliphatic heterocycles. The summed E-state index contributed by atoms with van der Waals surface area (Å²) < 4.78 is 5.04. The summed E-state index contributed by atoms with van der Waals surface area (Å²) in [7, 11) is 0. The largest absolute Gasteiger partial charge is 0.481 e. The summed E-state index contributed by atoms with van der Waals surface area (Å²) in [6.45, 7) is 1.87. The summed E-state index contributed by atoms with van der Waals surface area (Å²) in [6.07, 6.45) is 4.42. The molecule has 2 unspecified atom stereocenters. The van der Waals surface area contributed by atoms with Crippen molar-refractivity contribution in [1.29, 1.82) is 0 Å². The minimum atomic E-state index is -1.27. The van der Waals surface area contributed by atoms with Crippen LogP contribution in [0.5, 0.6) is 0 Å². The second-order valence-electron chi connectivity index (χ2n) is 4.25. The van der Waals surface area contributed by atoms with Gasteiger partial charge < -0.3 is 14.6 Å². The third kappa shape index (κ3) is 1.55. The first-order valence-corrected chi connectivity index (χ1v) is 5.04. The van der Waals surface area contributed by atoms with E-state index >= 15 is 0 Å². The number of hydrogen-bond donors (Lipinski definition) is 2. The molecule has 1 aromatic heterocycles. The molecule has 4 nitrogen and oxygen atoms in total. The molecule has 0 spiro atoms. The van der Waals surface area contributed by atoms with Crippen molar-refractivity contribution in [1.82, 2.24) is 0 Å². The van der Waals surface area contributed by atoms with E-state index in [0.717, 1.165) is 18.4 Å². The summed E-state index contributed by atoms with van der Waals surface area (Å²) in [5, 5.41) is 19.2. The maximum Gasteiger partial charge on any atom is 0.306 e. The Hall–Kier alpha value is -1.29. The van der Waals surface area contributed by atoms with Gasteiger partial charge in [-0.25, -0.2) is 0 Å². The molecule has 2 atom stereocenters. The number of aryl methyl sites for hydroxylation is 1. The van der Waals surface area contributed by atoms with Crippen molar-refractivity contribution in [3.63, 3.8) is 0 Å². The van der Waals surface area contributed by atoms with Crippen LogP contribution in [0.1, 0.15) is 30.9 Å². The van der Waals surface area contributed by atoms with E-state index in [4.69, 9.17) is 9.52 Å². The number of carbonyl (C=O) groups is 1. The smallest absolute Gasteiger partial charge is 0.306 e. The lowest BCUT2D eigenvalue weighted by Crippen LogP contribution is -2.39. The molecule has 1 aliphatic rings. The molecule has 1 aliphatic carbocycles. The average molecular weight is 210 g/mol. The third-order valence-corrected chi connectivity index (χ3v) is 3.29. The maximum absolute atomic E-state index is 10.8. The molecule has 0 radical (unpaired) electrons. The maximum atomic E-state index is 10.8. The summed E-state index contributed by atoms with van der Waals surface area (Å²) in [5.41, 5.74) is 0.298. The minimum Gasteiger partial charge on any atom is -0.481 e. The van der Waals surface area contributed by atoms with Crippen molar-refractivity contribution < 1.29 is 19.4 Å². The number of aliphatic hydroxyl groups is 1. The van der Waals surface area contributed by atoms with Crippen LogP contribution in [0.25, 0.3) is 0 Å². The Kier molecular flexibility index (Phi) is 2.31. The molecule has 0 saturated heterocycles. The Labute approximate surface area is 87.5 Å². The predicted octanol–water partition coefficient (Wildman–Crippen LogP) is 1.52. The SMILES string of the molecule is CC1CCc2cocc2C1(O)CC(=O)O. The van der Waals surface area contributed by atoms with Crippen LogP contribution in [-0.4, -0.2) is 16.2 Å². The number of carboxylic acid groups (broad SMARTS) is 1. The van der Waals surface area contributed by atoms with Crippen molar-refractivity contribution in [2.45, 2.75) is 31.8 Å². The quantitative estimate of drug-likeness (QED) is 0.776. The molecule has 1 heterocycles. The van der Waals surface area contributed by atoms with Crippen molar-refractivity contribution in [3.05, 3.63) is 23.7 Å². The summed E-state index contributed by atoms with van der Waals surface area (Å²) in [4.78, 5) is 10.8. The molecule has 0 amide bonds. The van der Waals surface area contributed by atoms with Gasteiger partial charge in [0.2, 0.25) is 0 Å². The van der Waals surface area contributed by atoms with Gasteiger partial charge in [0.1, 0.15) is 5.60 Å². The van der Waals surface area contributed by atoms with Gasteiger partial charge in [0, 0.05) is 5.56 Å². The van der Waals surface area contributed by atoms with E-state index in [0.29, 0.717) is 5.56 Å². The fourth-order valence-corrected chi connectivity index (χ4v) is 2.27. The van der Waals surface area contributed by atoms with Gasteiger partial charge in [0.05, 0.1) is 18.9 Å². The lowest BCUT2D eigenvalue weighted by Gasteiger charge is -2.36. The Morgan fingerprint density at radius 3 is 3.07 bits per heavy atom. The van der Waals surface area contributed by atoms with Gasteiger partial charge in [-0.3, -0.25) is 4.79 Å². The van der Waals surface area contributed by atoms with E-state index in [1.807, 2.05) is 6.92 Å². The highest BCUT2D eigenvalue weighted by atomic mass is 16.4. The number of furan rings is 1. The standard InChI is InChI=1S/C11H14O4/c1-7-2-3-8-5-15-6-9(8)11(7,14)4-10(12)13/h5-7,14H,2-4H2,1H3,(H,12,13). The first kappa shape index (κ1) is 10.2. The lowest BCUT2D eigenvalue weighted by molar-refractivity contribution is -0.146. The summed E-state index contributed by atoms with van der Waals surface area (Å²) >= 11 is 0. The molecular formula is C11H14O4. The highest BCUT2D eigenvalue weighted by molar-refractivity contribution is 5.69. The highest BCUT2D eigenvalue weighted by Gasteiger charge is 2.43. The zero-order chi connectivity index (χ0) is 11.1. The van der Waals surface area contributed by atoms with E-state index < -0.39 is 11.6 Å². The highest BCUT2D eigenvalue weighted by Crippen LogP contribution is 2.42. The lowest BCUT2D eigenvalue weighted by atomic mass is 9.72. The minimum absolute atomic E-state index is 0.0568. The van der Waals surface area contributed by atoms with Gasteiger partial charge in [-0.15, -0.1) is 0 Å². The molecular weight excluding hydrogens is 196 g/mol. The predicted molar refractivity (Wildman–Crippen MR) is 52.3 cm³/mol. The molecule has 1 aromatic rings. The van der Waals surface area contributed by atoms with Crippen molar-refractivity contribution in [2.75, 3.05) is 0 Å². The molecule has 4 heteroatoms. The van der Waals surface area contributed by atoms with Crippen LogP contribution in [0, 0.1) is 5.92 Å². The monoisotopic (exact) mass is 210 g/mol. The number of fused-ring (bicyclic) bond motifs is 1. The van der Waals surface area contributed by atoms with Crippen LogP contribution in [0.2, 0.25) is 0 Å². The molecule has 15 heavy (non-hydrogen) atoms. The Morgan fingerprint density at radius 1 is 1.67 bits per heavy atom. The molecule has 0 fully saturated rings. The number of hydrogen-bond acceptors (Lipinski definition) is 3. The van der Waals surface area contributed by atoms with Crippen LogP contribution >= 0.6 is 0 Å². The van der Waals surface area contributed by atoms with Crippen molar-refractivity contribution in [3.8, 4) is 0 Å². The number of aliphatic carboxylic acids is 1. The van der Waals surface area contributed by atoms with E-state index in [2.05, 4.69) is 0 Å². The topological polar surface area (TPSA) is 70.7 Å². The second-order valence-corrected chi connectivity index (χ2v) is 4.25. The van der Waals surface area contributed by atoms with Crippen molar-refractivity contribution >= 4 is 5.97 Å². The molecule has 0 saturated carbocycles. The van der Waals surface area contributed by atoms with Gasteiger partial charge in [-0.2, -0.15) is 0 Å². The van der Waals surface area contributed by atoms with Gasteiger partial charge in [0.25, 0.3) is 0 Å². The fourth-order valence-electron chi connectivity index (χ4n) is 2.27. The zero-order valence-corrected chi connectivity index (χ0v) is 8.56. The van der Waals surface area contributed by atoms with Gasteiger partial charge in [-0.1, -0.05) is 6.92 Å². The molecule has 82 valence electrons.